The topological polar surface area (TPSA) is 32.3 Å². The van der Waals surface area contributed by atoms with E-state index in [-0.39, 0.29) is 0 Å². The minimum atomic E-state index is 0.316. The van der Waals surface area contributed by atoms with Crippen LogP contribution >= 0.6 is 0 Å². The first kappa shape index (κ1) is 14.3. The van der Waals surface area contributed by atoms with Crippen molar-refractivity contribution in [3.05, 3.63) is 35.4 Å². The summed E-state index contributed by atoms with van der Waals surface area (Å²) < 4.78 is 0. The second-order valence-corrected chi connectivity index (χ2v) is 7.37. The summed E-state index contributed by atoms with van der Waals surface area (Å²) in [4.78, 5) is 14.9. The van der Waals surface area contributed by atoms with Gasteiger partial charge >= 0.3 is 0 Å². The first-order chi connectivity index (χ1) is 10.7. The van der Waals surface area contributed by atoms with Crippen molar-refractivity contribution in [3.63, 3.8) is 0 Å². The maximum Gasteiger partial charge on any atom is 0.225 e. The summed E-state index contributed by atoms with van der Waals surface area (Å²) in [5.41, 5.74) is 2.86. The Labute approximate surface area is 133 Å². The fourth-order valence-electron chi connectivity index (χ4n) is 4.54. The zero-order valence-corrected chi connectivity index (χ0v) is 13.4. The first-order valence-corrected chi connectivity index (χ1v) is 8.78. The molecule has 0 aromatic heterocycles. The predicted molar refractivity (Wildman–Crippen MR) is 87.6 cm³/mol. The molecule has 0 bridgehead atoms. The second kappa shape index (κ2) is 5.69. The lowest BCUT2D eigenvalue weighted by molar-refractivity contribution is -0.133. The molecule has 22 heavy (non-hydrogen) atoms. The number of amides is 1. The zero-order valence-electron chi connectivity index (χ0n) is 13.4. The molecule has 1 aromatic rings. The normalized spacial score (nSPS) is 28.4. The summed E-state index contributed by atoms with van der Waals surface area (Å²) in [7, 11) is 2.02. The standard InChI is InChI=1S/C19H26N2O/c1-21(16-10-14-4-2-3-5-15(14)11-16)19(22)18-12-17(18)13-6-8-20-9-7-13/h2-5,13,16-18,20H,6-12H2,1H3/t17-,18+/m0/s1. The monoisotopic (exact) mass is 298 g/mol. The lowest BCUT2D eigenvalue weighted by atomic mass is 9.91. The molecule has 1 saturated heterocycles. The van der Waals surface area contributed by atoms with E-state index in [1.807, 2.05) is 7.05 Å². The number of carbonyl (C=O) groups is 1. The Balaban J connectivity index is 1.36. The van der Waals surface area contributed by atoms with Gasteiger partial charge in [0.25, 0.3) is 0 Å². The third-order valence-corrected chi connectivity index (χ3v) is 6.07. The van der Waals surface area contributed by atoms with Crippen LogP contribution in [-0.4, -0.2) is 37.0 Å². The molecule has 0 unspecified atom stereocenters. The summed E-state index contributed by atoms with van der Waals surface area (Å²) in [6.45, 7) is 2.27. The van der Waals surface area contributed by atoms with Crippen LogP contribution in [0.15, 0.2) is 24.3 Å². The molecular weight excluding hydrogens is 272 g/mol. The molecule has 2 atom stereocenters. The molecule has 2 fully saturated rings. The fourth-order valence-corrected chi connectivity index (χ4v) is 4.54. The molecule has 3 aliphatic rings. The minimum absolute atomic E-state index is 0.316. The lowest BCUT2D eigenvalue weighted by Crippen LogP contribution is -2.39. The van der Waals surface area contributed by atoms with Crippen LogP contribution in [0.5, 0.6) is 0 Å². The third kappa shape index (κ3) is 2.56. The Bertz CT molecular complexity index is 539. The van der Waals surface area contributed by atoms with E-state index >= 15 is 0 Å². The highest BCUT2D eigenvalue weighted by molar-refractivity contribution is 5.82. The minimum Gasteiger partial charge on any atom is -0.342 e. The molecule has 1 heterocycles. The number of likely N-dealkylation sites (N-methyl/N-ethyl adjacent to an activating group) is 1. The summed E-state index contributed by atoms with van der Waals surface area (Å²) in [5, 5.41) is 3.42. The summed E-state index contributed by atoms with van der Waals surface area (Å²) in [6.07, 6.45) is 5.71. The van der Waals surface area contributed by atoms with Gasteiger partial charge in [-0.05, 0) is 68.2 Å². The van der Waals surface area contributed by atoms with Gasteiger partial charge in [-0.2, -0.15) is 0 Å². The molecule has 1 amide bonds. The van der Waals surface area contributed by atoms with E-state index in [2.05, 4.69) is 34.5 Å². The van der Waals surface area contributed by atoms with Gasteiger partial charge in [0, 0.05) is 19.0 Å². The Kier molecular flexibility index (Phi) is 3.69. The Morgan fingerprint density at radius 2 is 1.77 bits per heavy atom. The van der Waals surface area contributed by atoms with Gasteiger partial charge in [0.2, 0.25) is 5.91 Å². The number of fused-ring (bicyclic) bond motifs is 1. The number of piperidine rings is 1. The van der Waals surface area contributed by atoms with E-state index in [0.29, 0.717) is 23.8 Å². The van der Waals surface area contributed by atoms with Gasteiger partial charge in [-0.25, -0.2) is 0 Å². The summed E-state index contributed by atoms with van der Waals surface area (Å²) >= 11 is 0. The van der Waals surface area contributed by atoms with Crippen LogP contribution in [0.25, 0.3) is 0 Å². The van der Waals surface area contributed by atoms with Gasteiger partial charge in [0.15, 0.2) is 0 Å². The molecular formula is C19H26N2O. The van der Waals surface area contributed by atoms with E-state index < -0.39 is 0 Å². The quantitative estimate of drug-likeness (QED) is 0.928. The number of carbonyl (C=O) groups excluding carboxylic acids is 1. The first-order valence-electron chi connectivity index (χ1n) is 8.78. The molecule has 3 nitrogen and oxygen atoms in total. The molecule has 3 heteroatoms. The fraction of sp³-hybridized carbons (Fsp3) is 0.632. The Hall–Kier alpha value is -1.35. The molecule has 0 spiro atoms. The highest BCUT2D eigenvalue weighted by atomic mass is 16.2. The number of nitrogens with one attached hydrogen (secondary N) is 1. The van der Waals surface area contributed by atoms with Crippen molar-refractivity contribution in [1.82, 2.24) is 10.2 Å². The molecule has 0 radical (unpaired) electrons. The summed E-state index contributed by atoms with van der Waals surface area (Å²) in [6, 6.07) is 9.01. The molecule has 118 valence electrons. The van der Waals surface area contributed by atoms with Crippen LogP contribution in [0.4, 0.5) is 0 Å². The van der Waals surface area contributed by atoms with Crippen LogP contribution in [-0.2, 0) is 17.6 Å². The van der Waals surface area contributed by atoms with Gasteiger partial charge in [-0.3, -0.25) is 4.79 Å². The number of hydrogen-bond donors (Lipinski definition) is 1. The molecule has 1 aromatic carbocycles. The Morgan fingerprint density at radius 3 is 2.41 bits per heavy atom. The van der Waals surface area contributed by atoms with Crippen molar-refractivity contribution >= 4 is 5.91 Å². The Morgan fingerprint density at radius 1 is 1.14 bits per heavy atom. The van der Waals surface area contributed by atoms with E-state index in [9.17, 15) is 4.79 Å². The highest BCUT2D eigenvalue weighted by Gasteiger charge is 2.49. The van der Waals surface area contributed by atoms with Crippen molar-refractivity contribution in [1.29, 1.82) is 0 Å². The van der Waals surface area contributed by atoms with Crippen molar-refractivity contribution < 1.29 is 4.79 Å². The maximum atomic E-state index is 12.8. The van der Waals surface area contributed by atoms with Crippen molar-refractivity contribution in [2.75, 3.05) is 20.1 Å². The van der Waals surface area contributed by atoms with Crippen molar-refractivity contribution in [3.8, 4) is 0 Å². The van der Waals surface area contributed by atoms with E-state index in [4.69, 9.17) is 0 Å². The van der Waals surface area contributed by atoms with Gasteiger partial charge < -0.3 is 10.2 Å². The lowest BCUT2D eigenvalue weighted by Gasteiger charge is -2.26. The van der Waals surface area contributed by atoms with E-state index in [1.54, 1.807) is 0 Å². The molecule has 1 saturated carbocycles. The van der Waals surface area contributed by atoms with Crippen molar-refractivity contribution in [2.24, 2.45) is 17.8 Å². The van der Waals surface area contributed by atoms with Gasteiger partial charge in [0.05, 0.1) is 0 Å². The molecule has 1 N–H and O–H groups in total. The van der Waals surface area contributed by atoms with Gasteiger partial charge in [-0.15, -0.1) is 0 Å². The highest BCUT2D eigenvalue weighted by Crippen LogP contribution is 2.48. The number of hydrogen-bond acceptors (Lipinski definition) is 2. The van der Waals surface area contributed by atoms with Crippen LogP contribution in [0.2, 0.25) is 0 Å². The predicted octanol–water partition coefficient (Wildman–Crippen LogP) is 2.25. The van der Waals surface area contributed by atoms with Crippen LogP contribution in [0.3, 0.4) is 0 Å². The maximum absolute atomic E-state index is 12.8. The zero-order chi connectivity index (χ0) is 15.1. The molecule has 1 aliphatic heterocycles. The third-order valence-electron chi connectivity index (χ3n) is 6.07. The van der Waals surface area contributed by atoms with Crippen LogP contribution in [0.1, 0.15) is 30.4 Å². The van der Waals surface area contributed by atoms with Gasteiger partial charge in [-0.1, -0.05) is 24.3 Å². The average Bonchev–Trinajstić information content (AvgIpc) is 3.25. The van der Waals surface area contributed by atoms with Crippen molar-refractivity contribution in [2.45, 2.75) is 38.1 Å². The largest absolute Gasteiger partial charge is 0.342 e. The molecule has 4 rings (SSSR count). The van der Waals surface area contributed by atoms with Crippen LogP contribution in [0, 0.1) is 17.8 Å². The van der Waals surface area contributed by atoms with E-state index in [0.717, 1.165) is 38.3 Å². The average molecular weight is 298 g/mol. The smallest absolute Gasteiger partial charge is 0.225 e. The number of rotatable bonds is 3. The number of benzene rings is 1. The van der Waals surface area contributed by atoms with Crippen LogP contribution < -0.4 is 5.32 Å². The van der Waals surface area contributed by atoms with E-state index in [1.165, 1.54) is 24.0 Å². The second-order valence-electron chi connectivity index (χ2n) is 7.37. The SMILES string of the molecule is CN(C(=O)[C@@H]1C[C@H]1C1CCNCC1)C1Cc2ccccc2C1. The van der Waals surface area contributed by atoms with Gasteiger partial charge in [0.1, 0.15) is 0 Å². The summed E-state index contributed by atoms with van der Waals surface area (Å²) in [5.74, 6) is 2.17. The number of nitrogens with zero attached hydrogens (tertiary/aromatic N) is 1. The molecule has 2 aliphatic carbocycles.